The van der Waals surface area contributed by atoms with Gasteiger partial charge in [-0.05, 0) is 36.2 Å². The van der Waals surface area contributed by atoms with Gasteiger partial charge in [-0.3, -0.25) is 9.78 Å². The monoisotopic (exact) mass is 352 g/mol. The van der Waals surface area contributed by atoms with Gasteiger partial charge in [0.25, 0.3) is 5.91 Å². The SMILES string of the molecule is O=C(Nc1ccc2c(c1)N(C(=O)c1cccnc1)CC2)N1CCOCC1. The van der Waals surface area contributed by atoms with Crippen molar-refractivity contribution >= 4 is 23.3 Å². The lowest BCUT2D eigenvalue weighted by molar-refractivity contribution is 0.0564. The van der Waals surface area contributed by atoms with Crippen molar-refractivity contribution in [1.29, 1.82) is 0 Å². The predicted octanol–water partition coefficient (Wildman–Crippen LogP) is 2.15. The molecule has 2 aliphatic rings. The Morgan fingerprint density at radius 1 is 1.12 bits per heavy atom. The van der Waals surface area contributed by atoms with Crippen molar-refractivity contribution < 1.29 is 14.3 Å². The molecule has 1 N–H and O–H groups in total. The molecule has 0 spiro atoms. The Bertz CT molecular complexity index is 819. The molecule has 2 aliphatic heterocycles. The molecular weight excluding hydrogens is 332 g/mol. The van der Waals surface area contributed by atoms with E-state index in [1.54, 1.807) is 34.3 Å². The summed E-state index contributed by atoms with van der Waals surface area (Å²) in [5.74, 6) is -0.0755. The van der Waals surface area contributed by atoms with Crippen molar-refractivity contribution in [3.8, 4) is 0 Å². The standard InChI is InChI=1S/C19H20N4O3/c24-18(15-2-1-6-20-13-15)23-7-5-14-3-4-16(12-17(14)23)21-19(25)22-8-10-26-11-9-22/h1-4,6,12-13H,5,7-11H2,(H,21,25). The van der Waals surface area contributed by atoms with Crippen molar-refractivity contribution in [3.63, 3.8) is 0 Å². The summed E-state index contributed by atoms with van der Waals surface area (Å²) in [5.41, 5.74) is 3.19. The van der Waals surface area contributed by atoms with Crippen molar-refractivity contribution in [2.75, 3.05) is 43.1 Å². The number of morpholine rings is 1. The highest BCUT2D eigenvalue weighted by atomic mass is 16.5. The Balaban J connectivity index is 1.52. The Labute approximate surface area is 151 Å². The van der Waals surface area contributed by atoms with Gasteiger partial charge in [0.1, 0.15) is 0 Å². The van der Waals surface area contributed by atoms with Gasteiger partial charge in [0.05, 0.1) is 18.8 Å². The number of carbonyl (C=O) groups is 2. The molecule has 3 amide bonds. The number of anilines is 2. The molecule has 4 rings (SSSR count). The number of fused-ring (bicyclic) bond motifs is 1. The molecule has 2 aromatic rings. The van der Waals surface area contributed by atoms with Gasteiger partial charge in [-0.15, -0.1) is 0 Å². The van der Waals surface area contributed by atoms with E-state index in [0.29, 0.717) is 44.1 Å². The van der Waals surface area contributed by atoms with Crippen LogP contribution in [0.1, 0.15) is 15.9 Å². The molecule has 134 valence electrons. The van der Waals surface area contributed by atoms with Crippen molar-refractivity contribution in [2.24, 2.45) is 0 Å². The van der Waals surface area contributed by atoms with Crippen LogP contribution in [0.15, 0.2) is 42.7 Å². The number of urea groups is 1. The number of ether oxygens (including phenoxy) is 1. The van der Waals surface area contributed by atoms with E-state index < -0.39 is 0 Å². The molecule has 7 heteroatoms. The smallest absolute Gasteiger partial charge is 0.322 e. The summed E-state index contributed by atoms with van der Waals surface area (Å²) >= 11 is 0. The first kappa shape index (κ1) is 16.5. The molecule has 1 aromatic heterocycles. The maximum absolute atomic E-state index is 12.8. The van der Waals surface area contributed by atoms with Crippen LogP contribution in [-0.4, -0.2) is 54.7 Å². The molecule has 1 fully saturated rings. The number of hydrogen-bond donors (Lipinski definition) is 1. The van der Waals surface area contributed by atoms with E-state index in [2.05, 4.69) is 10.3 Å². The lowest BCUT2D eigenvalue weighted by atomic mass is 10.1. The van der Waals surface area contributed by atoms with Gasteiger partial charge in [0.15, 0.2) is 0 Å². The first-order valence-corrected chi connectivity index (χ1v) is 8.71. The fraction of sp³-hybridized carbons (Fsp3) is 0.316. The fourth-order valence-electron chi connectivity index (χ4n) is 3.28. The van der Waals surface area contributed by atoms with Crippen LogP contribution in [0, 0.1) is 0 Å². The Morgan fingerprint density at radius 2 is 1.96 bits per heavy atom. The lowest BCUT2D eigenvalue weighted by Gasteiger charge is -2.27. The minimum absolute atomic E-state index is 0.0755. The van der Waals surface area contributed by atoms with Crippen LogP contribution in [0.5, 0.6) is 0 Å². The third kappa shape index (κ3) is 3.25. The lowest BCUT2D eigenvalue weighted by Crippen LogP contribution is -2.43. The average molecular weight is 352 g/mol. The molecule has 0 atom stereocenters. The van der Waals surface area contributed by atoms with E-state index in [9.17, 15) is 9.59 Å². The number of aromatic nitrogens is 1. The van der Waals surface area contributed by atoms with Crippen molar-refractivity contribution in [3.05, 3.63) is 53.9 Å². The molecule has 1 saturated heterocycles. The summed E-state index contributed by atoms with van der Waals surface area (Å²) in [6.45, 7) is 2.92. The predicted molar refractivity (Wildman–Crippen MR) is 97.5 cm³/mol. The molecule has 0 aliphatic carbocycles. The van der Waals surface area contributed by atoms with Crippen LogP contribution in [-0.2, 0) is 11.2 Å². The Kier molecular flexibility index (Phi) is 4.53. The fourth-order valence-corrected chi connectivity index (χ4v) is 3.28. The van der Waals surface area contributed by atoms with Crippen LogP contribution in [0.2, 0.25) is 0 Å². The zero-order valence-electron chi connectivity index (χ0n) is 14.4. The third-order valence-electron chi connectivity index (χ3n) is 4.68. The Hall–Kier alpha value is -2.93. The number of pyridine rings is 1. The summed E-state index contributed by atoms with van der Waals surface area (Å²) in [6, 6.07) is 9.10. The molecule has 0 unspecified atom stereocenters. The van der Waals surface area contributed by atoms with E-state index in [1.165, 1.54) is 0 Å². The molecule has 0 saturated carbocycles. The van der Waals surface area contributed by atoms with Gasteiger partial charge in [0, 0.05) is 43.4 Å². The number of carbonyl (C=O) groups excluding carboxylic acids is 2. The first-order valence-electron chi connectivity index (χ1n) is 8.71. The quantitative estimate of drug-likeness (QED) is 0.899. The number of nitrogens with zero attached hydrogens (tertiary/aromatic N) is 3. The number of amides is 3. The van der Waals surface area contributed by atoms with Gasteiger partial charge in [-0.2, -0.15) is 0 Å². The van der Waals surface area contributed by atoms with Gasteiger partial charge in [-0.1, -0.05) is 6.07 Å². The molecule has 0 radical (unpaired) electrons. The second-order valence-electron chi connectivity index (χ2n) is 6.32. The maximum Gasteiger partial charge on any atom is 0.322 e. The minimum atomic E-state index is -0.142. The Morgan fingerprint density at radius 3 is 2.73 bits per heavy atom. The zero-order chi connectivity index (χ0) is 17.9. The van der Waals surface area contributed by atoms with E-state index >= 15 is 0 Å². The molecule has 0 bridgehead atoms. The van der Waals surface area contributed by atoms with E-state index in [-0.39, 0.29) is 11.9 Å². The summed E-state index contributed by atoms with van der Waals surface area (Å²) in [5, 5.41) is 2.92. The second kappa shape index (κ2) is 7.13. The van der Waals surface area contributed by atoms with Crippen molar-refractivity contribution in [1.82, 2.24) is 9.88 Å². The number of rotatable bonds is 2. The van der Waals surface area contributed by atoms with Crippen LogP contribution < -0.4 is 10.2 Å². The summed E-state index contributed by atoms with van der Waals surface area (Å²) in [7, 11) is 0. The number of nitrogens with one attached hydrogen (secondary N) is 1. The molecule has 1 aromatic carbocycles. The van der Waals surface area contributed by atoms with Crippen molar-refractivity contribution in [2.45, 2.75) is 6.42 Å². The minimum Gasteiger partial charge on any atom is -0.378 e. The highest BCUT2D eigenvalue weighted by molar-refractivity contribution is 6.07. The summed E-state index contributed by atoms with van der Waals surface area (Å²) < 4.78 is 5.27. The highest BCUT2D eigenvalue weighted by Gasteiger charge is 2.26. The van der Waals surface area contributed by atoms with Gasteiger partial charge in [-0.25, -0.2) is 4.79 Å². The van der Waals surface area contributed by atoms with Crippen LogP contribution in [0.4, 0.5) is 16.2 Å². The van der Waals surface area contributed by atoms with Gasteiger partial charge >= 0.3 is 6.03 Å². The maximum atomic E-state index is 12.8. The summed E-state index contributed by atoms with van der Waals surface area (Å²) in [4.78, 5) is 32.6. The van der Waals surface area contributed by atoms with E-state index in [4.69, 9.17) is 4.74 Å². The van der Waals surface area contributed by atoms with Crippen LogP contribution in [0.25, 0.3) is 0 Å². The van der Waals surface area contributed by atoms with E-state index in [0.717, 1.165) is 17.7 Å². The molecule has 3 heterocycles. The summed E-state index contributed by atoms with van der Waals surface area (Å²) in [6.07, 6.45) is 4.03. The third-order valence-corrected chi connectivity index (χ3v) is 4.68. The van der Waals surface area contributed by atoms with Gasteiger partial charge < -0.3 is 19.9 Å². The highest BCUT2D eigenvalue weighted by Crippen LogP contribution is 2.32. The van der Waals surface area contributed by atoms with Crippen LogP contribution >= 0.6 is 0 Å². The largest absolute Gasteiger partial charge is 0.378 e. The normalized spacial score (nSPS) is 16.3. The average Bonchev–Trinajstić information content (AvgIpc) is 3.12. The first-order chi connectivity index (χ1) is 12.7. The molecule has 7 nitrogen and oxygen atoms in total. The van der Waals surface area contributed by atoms with Crippen LogP contribution in [0.3, 0.4) is 0 Å². The van der Waals surface area contributed by atoms with E-state index in [1.807, 2.05) is 18.2 Å². The second-order valence-corrected chi connectivity index (χ2v) is 6.32. The molecule has 26 heavy (non-hydrogen) atoms. The zero-order valence-corrected chi connectivity index (χ0v) is 14.4. The number of hydrogen-bond acceptors (Lipinski definition) is 4. The number of benzene rings is 1. The molecular formula is C19H20N4O3. The van der Waals surface area contributed by atoms with Gasteiger partial charge in [0.2, 0.25) is 0 Å². The topological polar surface area (TPSA) is 74.8 Å².